The highest BCUT2D eigenvalue weighted by Gasteiger charge is 2.20. The largest absolute Gasteiger partial charge is 0.480 e. The number of hydrogen-bond acceptors (Lipinski definition) is 8. The van der Waals surface area contributed by atoms with E-state index in [0.29, 0.717) is 34.6 Å². The van der Waals surface area contributed by atoms with Crippen LogP contribution in [0.15, 0.2) is 67.4 Å². The maximum atomic E-state index is 13.2. The fraction of sp³-hybridized carbons (Fsp3) is 0.0833. The van der Waals surface area contributed by atoms with Crippen LogP contribution in [0.3, 0.4) is 0 Å². The average molecular weight is 465 g/mol. The minimum Gasteiger partial charge on any atom is -0.480 e. The van der Waals surface area contributed by atoms with E-state index < -0.39 is 5.91 Å². The molecule has 0 saturated heterocycles. The van der Waals surface area contributed by atoms with E-state index >= 15 is 0 Å². The highest BCUT2D eigenvalue weighted by Crippen LogP contribution is 2.29. The standard InChI is InChI=1S/C24H19N9O2/c1-35-24-19(23(34)31-18-11-29-32(13-18)12-15-5-3-2-4-6-15)7-17(10-27-24)20-8-16(9-25)21-22(26)28-14-30-33(20)21/h2-8,10-11,13-14H,12H2,1H3,(H,31,34)(H2,26,28,30). The van der Waals surface area contributed by atoms with Crippen LogP contribution in [0.4, 0.5) is 11.5 Å². The van der Waals surface area contributed by atoms with Crippen LogP contribution in [0.5, 0.6) is 5.88 Å². The molecule has 172 valence electrons. The third-order valence-corrected chi connectivity index (χ3v) is 5.37. The van der Waals surface area contributed by atoms with Crippen LogP contribution >= 0.6 is 0 Å². The van der Waals surface area contributed by atoms with Gasteiger partial charge in [0.2, 0.25) is 5.88 Å². The summed E-state index contributed by atoms with van der Waals surface area (Å²) in [7, 11) is 1.44. The van der Waals surface area contributed by atoms with Crippen molar-refractivity contribution in [2.24, 2.45) is 0 Å². The lowest BCUT2D eigenvalue weighted by Crippen LogP contribution is -2.14. The molecular formula is C24H19N9O2. The molecule has 0 bridgehead atoms. The van der Waals surface area contributed by atoms with Crippen LogP contribution in [0.2, 0.25) is 0 Å². The number of nitrogens with one attached hydrogen (secondary N) is 1. The molecule has 0 fully saturated rings. The van der Waals surface area contributed by atoms with Gasteiger partial charge in [-0.15, -0.1) is 0 Å². The number of methoxy groups -OCH3 is 1. The average Bonchev–Trinajstić information content (AvgIpc) is 3.49. The number of amides is 1. The molecule has 0 saturated carbocycles. The number of benzene rings is 1. The Bertz CT molecular complexity index is 1580. The number of fused-ring (bicyclic) bond motifs is 1. The number of pyridine rings is 1. The van der Waals surface area contributed by atoms with Crippen molar-refractivity contribution in [3.8, 4) is 23.2 Å². The first kappa shape index (κ1) is 21.6. The summed E-state index contributed by atoms with van der Waals surface area (Å²) in [6.45, 7) is 0.574. The quantitative estimate of drug-likeness (QED) is 0.389. The normalized spacial score (nSPS) is 10.7. The van der Waals surface area contributed by atoms with E-state index in [0.717, 1.165) is 5.56 Å². The summed E-state index contributed by atoms with van der Waals surface area (Å²) in [4.78, 5) is 21.4. The van der Waals surface area contributed by atoms with Crippen molar-refractivity contribution in [2.45, 2.75) is 6.54 Å². The van der Waals surface area contributed by atoms with E-state index in [1.165, 1.54) is 24.1 Å². The summed E-state index contributed by atoms with van der Waals surface area (Å²) in [5, 5.41) is 20.9. The van der Waals surface area contributed by atoms with E-state index in [9.17, 15) is 10.1 Å². The summed E-state index contributed by atoms with van der Waals surface area (Å²) in [5.74, 6) is -0.0980. The van der Waals surface area contributed by atoms with Crippen molar-refractivity contribution in [1.29, 1.82) is 5.26 Å². The first-order valence-corrected chi connectivity index (χ1v) is 10.5. The number of aromatic nitrogens is 6. The van der Waals surface area contributed by atoms with Crippen molar-refractivity contribution < 1.29 is 9.53 Å². The molecule has 0 spiro atoms. The number of ether oxygens (including phenoxy) is 1. The fourth-order valence-electron chi connectivity index (χ4n) is 3.76. The van der Waals surface area contributed by atoms with E-state index in [2.05, 4.69) is 31.6 Å². The molecule has 5 rings (SSSR count). The Hall–Kier alpha value is -5.24. The number of hydrogen-bond donors (Lipinski definition) is 2. The Balaban J connectivity index is 1.45. The van der Waals surface area contributed by atoms with Crippen LogP contribution in [0, 0.1) is 11.3 Å². The number of nitriles is 1. The summed E-state index contributed by atoms with van der Waals surface area (Å²) >= 11 is 0. The van der Waals surface area contributed by atoms with Crippen LogP contribution in [-0.4, -0.2) is 42.4 Å². The van der Waals surface area contributed by atoms with E-state index in [4.69, 9.17) is 10.5 Å². The zero-order valence-corrected chi connectivity index (χ0v) is 18.6. The molecule has 4 heterocycles. The lowest BCUT2D eigenvalue weighted by Gasteiger charge is -2.10. The lowest BCUT2D eigenvalue weighted by molar-refractivity contribution is 0.102. The van der Waals surface area contributed by atoms with Gasteiger partial charge < -0.3 is 15.8 Å². The summed E-state index contributed by atoms with van der Waals surface area (Å²) < 4.78 is 8.55. The monoisotopic (exact) mass is 465 g/mol. The minimum atomic E-state index is -0.425. The Morgan fingerprint density at radius 2 is 2.00 bits per heavy atom. The Labute approximate surface area is 199 Å². The zero-order valence-electron chi connectivity index (χ0n) is 18.6. The molecule has 0 radical (unpaired) electrons. The van der Waals surface area contributed by atoms with Gasteiger partial charge >= 0.3 is 0 Å². The summed E-state index contributed by atoms with van der Waals surface area (Å²) in [6.07, 6.45) is 6.15. The number of nitrogens with zero attached hydrogens (tertiary/aromatic N) is 7. The highest BCUT2D eigenvalue weighted by molar-refractivity contribution is 6.06. The van der Waals surface area contributed by atoms with Crippen molar-refractivity contribution >= 4 is 22.9 Å². The summed E-state index contributed by atoms with van der Waals surface area (Å²) in [5.41, 5.74) is 9.55. The van der Waals surface area contributed by atoms with Crippen LogP contribution in [-0.2, 0) is 6.54 Å². The van der Waals surface area contributed by atoms with Crippen molar-refractivity contribution in [3.63, 3.8) is 0 Å². The van der Waals surface area contributed by atoms with Gasteiger partial charge in [-0.1, -0.05) is 30.3 Å². The molecule has 0 unspecified atom stereocenters. The molecule has 4 aromatic heterocycles. The van der Waals surface area contributed by atoms with E-state index in [1.807, 2.05) is 30.3 Å². The molecule has 0 aliphatic carbocycles. The molecule has 0 aliphatic rings. The van der Waals surface area contributed by atoms with Crippen LogP contribution in [0.25, 0.3) is 16.8 Å². The number of nitrogen functional groups attached to an aromatic ring is 1. The number of carbonyl (C=O) groups is 1. The fourth-order valence-corrected chi connectivity index (χ4v) is 3.76. The number of nitrogens with two attached hydrogens (primary N) is 1. The predicted molar refractivity (Wildman–Crippen MR) is 128 cm³/mol. The second-order valence-corrected chi connectivity index (χ2v) is 7.61. The predicted octanol–water partition coefficient (Wildman–Crippen LogP) is 2.75. The number of rotatable bonds is 6. The first-order valence-electron chi connectivity index (χ1n) is 10.5. The zero-order chi connectivity index (χ0) is 24.4. The molecule has 0 aliphatic heterocycles. The van der Waals surface area contributed by atoms with Gasteiger partial charge in [0.25, 0.3) is 5.91 Å². The van der Waals surface area contributed by atoms with Crippen molar-refractivity contribution in [3.05, 3.63) is 84.1 Å². The molecule has 1 aromatic carbocycles. The summed E-state index contributed by atoms with van der Waals surface area (Å²) in [6, 6.07) is 15.2. The lowest BCUT2D eigenvalue weighted by atomic mass is 10.1. The van der Waals surface area contributed by atoms with Gasteiger partial charge in [-0.25, -0.2) is 14.5 Å². The molecule has 35 heavy (non-hydrogen) atoms. The van der Waals surface area contributed by atoms with Crippen molar-refractivity contribution in [1.82, 2.24) is 29.4 Å². The van der Waals surface area contributed by atoms with Gasteiger partial charge in [0.05, 0.1) is 36.8 Å². The van der Waals surface area contributed by atoms with E-state index in [1.54, 1.807) is 29.2 Å². The number of anilines is 2. The smallest absolute Gasteiger partial charge is 0.261 e. The number of carbonyl (C=O) groups excluding carboxylic acids is 1. The van der Waals surface area contributed by atoms with Gasteiger partial charge in [-0.05, 0) is 17.7 Å². The van der Waals surface area contributed by atoms with Gasteiger partial charge in [0, 0.05) is 18.0 Å². The molecule has 1 amide bonds. The molecule has 5 aromatic rings. The van der Waals surface area contributed by atoms with Gasteiger partial charge in [-0.2, -0.15) is 15.5 Å². The molecule has 0 atom stereocenters. The molecule has 11 nitrogen and oxygen atoms in total. The van der Waals surface area contributed by atoms with Crippen molar-refractivity contribution in [2.75, 3.05) is 18.2 Å². The molecular weight excluding hydrogens is 446 g/mol. The topological polar surface area (TPSA) is 149 Å². The first-order chi connectivity index (χ1) is 17.1. The van der Waals surface area contributed by atoms with E-state index in [-0.39, 0.29) is 17.3 Å². The SMILES string of the molecule is COc1ncc(-c2cc(C#N)c3c(N)ncnn23)cc1C(=O)Nc1cnn(Cc2ccccc2)c1. The third-order valence-electron chi connectivity index (χ3n) is 5.37. The second-order valence-electron chi connectivity index (χ2n) is 7.61. The van der Waals surface area contributed by atoms with Gasteiger partial charge in [-0.3, -0.25) is 9.48 Å². The Kier molecular flexibility index (Phi) is 5.52. The highest BCUT2D eigenvalue weighted by atomic mass is 16.5. The van der Waals surface area contributed by atoms with Gasteiger partial charge in [0.15, 0.2) is 5.82 Å². The molecule has 3 N–H and O–H groups in total. The Morgan fingerprint density at radius 1 is 1.17 bits per heavy atom. The molecule has 11 heteroatoms. The third kappa shape index (κ3) is 4.11. The van der Waals surface area contributed by atoms with Gasteiger partial charge in [0.1, 0.15) is 23.5 Å². The second kappa shape index (κ2) is 8.95. The minimum absolute atomic E-state index is 0.151. The van der Waals surface area contributed by atoms with Crippen LogP contribution < -0.4 is 15.8 Å². The Morgan fingerprint density at radius 3 is 2.77 bits per heavy atom. The maximum Gasteiger partial charge on any atom is 0.261 e. The van der Waals surface area contributed by atoms with Crippen LogP contribution in [0.1, 0.15) is 21.5 Å². The maximum absolute atomic E-state index is 13.2.